The molecule has 1 aliphatic heterocycles. The number of para-hydroxylation sites is 1. The van der Waals surface area contributed by atoms with Crippen molar-refractivity contribution in [3.05, 3.63) is 65.2 Å². The molecule has 1 aliphatic rings. The monoisotopic (exact) mass is 382 g/mol. The molecular weight excluding hydrogens is 356 g/mol. The molecule has 1 atom stereocenters. The molecule has 1 fully saturated rings. The number of anilines is 1. The van der Waals surface area contributed by atoms with Crippen LogP contribution in [0.1, 0.15) is 22.8 Å². The van der Waals surface area contributed by atoms with Crippen LogP contribution in [-0.2, 0) is 20.8 Å². The van der Waals surface area contributed by atoms with Gasteiger partial charge in [0.2, 0.25) is 0 Å². The second kappa shape index (κ2) is 9.34. The van der Waals surface area contributed by atoms with Crippen molar-refractivity contribution in [3.8, 4) is 0 Å². The first-order valence-electron chi connectivity index (χ1n) is 9.25. The molecule has 1 unspecified atom stereocenters. The maximum atomic E-state index is 12.8. The average Bonchev–Trinajstić information content (AvgIpc) is 2.74. The molecule has 7 nitrogen and oxygen atoms in total. The normalized spacial score (nSPS) is 15.1. The van der Waals surface area contributed by atoms with Crippen LogP contribution in [0.3, 0.4) is 0 Å². The van der Waals surface area contributed by atoms with E-state index >= 15 is 0 Å². The molecule has 148 valence electrons. The van der Waals surface area contributed by atoms with Crippen molar-refractivity contribution in [2.45, 2.75) is 12.6 Å². The van der Waals surface area contributed by atoms with Crippen LogP contribution in [0.4, 0.5) is 5.69 Å². The molecule has 1 amide bonds. The van der Waals surface area contributed by atoms with Gasteiger partial charge in [-0.1, -0.05) is 42.5 Å². The Morgan fingerprint density at radius 1 is 1.21 bits per heavy atom. The summed E-state index contributed by atoms with van der Waals surface area (Å²) in [6.07, 6.45) is -0.699. The van der Waals surface area contributed by atoms with E-state index in [4.69, 9.17) is 20.6 Å². The number of nitrogens with zero attached hydrogens (tertiary/aromatic N) is 1. The molecule has 0 spiro atoms. The minimum Gasteiger partial charge on any atom is -0.384 e. The number of amidine groups is 1. The Morgan fingerprint density at radius 2 is 1.89 bits per heavy atom. The molecule has 0 bridgehead atoms. The molecule has 0 aromatic heterocycles. The van der Waals surface area contributed by atoms with Crippen molar-refractivity contribution in [1.82, 2.24) is 5.32 Å². The van der Waals surface area contributed by atoms with Crippen molar-refractivity contribution in [3.63, 3.8) is 0 Å². The van der Waals surface area contributed by atoms with Crippen molar-refractivity contribution >= 4 is 17.4 Å². The van der Waals surface area contributed by atoms with E-state index in [0.717, 1.165) is 29.9 Å². The van der Waals surface area contributed by atoms with Crippen molar-refractivity contribution in [2.24, 2.45) is 5.73 Å². The van der Waals surface area contributed by atoms with Gasteiger partial charge in [0.1, 0.15) is 5.84 Å². The zero-order valence-electron chi connectivity index (χ0n) is 16.0. The van der Waals surface area contributed by atoms with Gasteiger partial charge in [-0.05, 0) is 11.6 Å². The third kappa shape index (κ3) is 4.68. The number of benzene rings is 2. The number of hydrogen-bond donors (Lipinski definition) is 3. The summed E-state index contributed by atoms with van der Waals surface area (Å²) in [5.41, 5.74) is 8.89. The first-order chi connectivity index (χ1) is 13.6. The topological polar surface area (TPSA) is 101 Å². The Morgan fingerprint density at radius 3 is 2.54 bits per heavy atom. The SMILES string of the molecule is COC(C(=O)NCc1ccc(C(=N)N)cc1)c1ccccc1N1CCOCC1. The number of nitrogen functional groups attached to an aromatic ring is 1. The van der Waals surface area contributed by atoms with Gasteiger partial charge in [-0.2, -0.15) is 0 Å². The summed E-state index contributed by atoms with van der Waals surface area (Å²) in [4.78, 5) is 15.0. The highest BCUT2D eigenvalue weighted by Gasteiger charge is 2.25. The Hall–Kier alpha value is -2.90. The van der Waals surface area contributed by atoms with Gasteiger partial charge < -0.3 is 25.4 Å². The molecule has 28 heavy (non-hydrogen) atoms. The molecule has 0 radical (unpaired) electrons. The zero-order valence-corrected chi connectivity index (χ0v) is 16.0. The van der Waals surface area contributed by atoms with Gasteiger partial charge in [-0.25, -0.2) is 0 Å². The molecule has 0 saturated carbocycles. The van der Waals surface area contributed by atoms with E-state index < -0.39 is 6.10 Å². The summed E-state index contributed by atoms with van der Waals surface area (Å²) in [6.45, 7) is 3.30. The number of carbonyl (C=O) groups is 1. The fraction of sp³-hybridized carbons (Fsp3) is 0.333. The van der Waals surface area contributed by atoms with E-state index in [9.17, 15) is 4.79 Å². The number of carbonyl (C=O) groups excluding carboxylic acids is 1. The summed E-state index contributed by atoms with van der Waals surface area (Å²) in [6, 6.07) is 15.1. The van der Waals surface area contributed by atoms with E-state index in [-0.39, 0.29) is 11.7 Å². The van der Waals surface area contributed by atoms with E-state index in [1.165, 1.54) is 0 Å². The van der Waals surface area contributed by atoms with Crippen molar-refractivity contribution < 1.29 is 14.3 Å². The van der Waals surface area contributed by atoms with Crippen LogP contribution in [-0.4, -0.2) is 45.2 Å². The maximum absolute atomic E-state index is 12.8. The molecule has 0 aliphatic carbocycles. The summed E-state index contributed by atoms with van der Waals surface area (Å²) < 4.78 is 11.0. The molecule has 7 heteroatoms. The molecule has 2 aromatic carbocycles. The molecule has 1 heterocycles. The summed E-state index contributed by atoms with van der Waals surface area (Å²) in [5.74, 6) is -0.173. The van der Waals surface area contributed by atoms with Gasteiger partial charge in [0.25, 0.3) is 5.91 Å². The van der Waals surface area contributed by atoms with E-state index in [1.807, 2.05) is 36.4 Å². The third-order valence-corrected chi connectivity index (χ3v) is 4.78. The minimum absolute atomic E-state index is 0.0229. The minimum atomic E-state index is -0.699. The first kappa shape index (κ1) is 19.9. The highest BCUT2D eigenvalue weighted by Crippen LogP contribution is 2.29. The lowest BCUT2D eigenvalue weighted by molar-refractivity contribution is -0.131. The lowest BCUT2D eigenvalue weighted by Gasteiger charge is -2.32. The number of ether oxygens (including phenoxy) is 2. The number of nitrogens with one attached hydrogen (secondary N) is 2. The van der Waals surface area contributed by atoms with Gasteiger partial charge in [0, 0.05) is 43.6 Å². The fourth-order valence-electron chi connectivity index (χ4n) is 3.26. The smallest absolute Gasteiger partial charge is 0.254 e. The standard InChI is InChI=1S/C21H26N4O3/c1-27-19(17-4-2-3-5-18(17)25-10-12-28-13-11-25)21(26)24-14-15-6-8-16(9-7-15)20(22)23/h2-9,19H,10-14H2,1H3,(H3,22,23)(H,24,26). The Bertz CT molecular complexity index is 817. The van der Waals surface area contributed by atoms with Crippen LogP contribution in [0.2, 0.25) is 0 Å². The highest BCUT2D eigenvalue weighted by molar-refractivity contribution is 5.94. The number of methoxy groups -OCH3 is 1. The molecule has 4 N–H and O–H groups in total. The average molecular weight is 382 g/mol. The number of amides is 1. The predicted molar refractivity (Wildman–Crippen MR) is 109 cm³/mol. The Balaban J connectivity index is 1.70. The fourth-order valence-corrected chi connectivity index (χ4v) is 3.26. The number of rotatable bonds is 7. The lowest BCUT2D eigenvalue weighted by atomic mass is 10.0. The second-order valence-electron chi connectivity index (χ2n) is 6.60. The number of nitrogens with two attached hydrogens (primary N) is 1. The van der Waals surface area contributed by atoms with E-state index in [0.29, 0.717) is 25.3 Å². The number of morpholine rings is 1. The summed E-state index contributed by atoms with van der Waals surface area (Å²) in [7, 11) is 1.54. The van der Waals surface area contributed by atoms with Crippen LogP contribution in [0.15, 0.2) is 48.5 Å². The largest absolute Gasteiger partial charge is 0.384 e. The van der Waals surface area contributed by atoms with Crippen LogP contribution in [0.5, 0.6) is 0 Å². The van der Waals surface area contributed by atoms with Crippen LogP contribution < -0.4 is 16.0 Å². The van der Waals surface area contributed by atoms with Crippen LogP contribution in [0.25, 0.3) is 0 Å². The second-order valence-corrected chi connectivity index (χ2v) is 6.60. The van der Waals surface area contributed by atoms with Gasteiger partial charge >= 0.3 is 0 Å². The Labute approximate surface area is 164 Å². The summed E-state index contributed by atoms with van der Waals surface area (Å²) in [5, 5.41) is 10.4. The maximum Gasteiger partial charge on any atom is 0.254 e. The third-order valence-electron chi connectivity index (χ3n) is 4.78. The van der Waals surface area contributed by atoms with Crippen molar-refractivity contribution in [1.29, 1.82) is 5.41 Å². The van der Waals surface area contributed by atoms with E-state index in [1.54, 1.807) is 19.2 Å². The zero-order chi connectivity index (χ0) is 19.9. The highest BCUT2D eigenvalue weighted by atomic mass is 16.5. The predicted octanol–water partition coefficient (Wildman–Crippen LogP) is 1.81. The lowest BCUT2D eigenvalue weighted by Crippen LogP contribution is -2.38. The molecule has 2 aromatic rings. The van der Waals surface area contributed by atoms with Gasteiger partial charge in [-0.3, -0.25) is 10.2 Å². The molecular formula is C21H26N4O3. The molecule has 3 rings (SSSR count). The molecule has 1 saturated heterocycles. The number of hydrogen-bond acceptors (Lipinski definition) is 5. The van der Waals surface area contributed by atoms with Gasteiger partial charge in [0.15, 0.2) is 6.10 Å². The quantitative estimate of drug-likeness (QED) is 0.501. The van der Waals surface area contributed by atoms with Crippen molar-refractivity contribution in [2.75, 3.05) is 38.3 Å². The summed E-state index contributed by atoms with van der Waals surface area (Å²) >= 11 is 0. The van der Waals surface area contributed by atoms with E-state index in [2.05, 4.69) is 10.2 Å². The van der Waals surface area contributed by atoms with Gasteiger partial charge in [0.05, 0.1) is 13.2 Å². The van der Waals surface area contributed by atoms with Crippen LogP contribution >= 0.6 is 0 Å². The van der Waals surface area contributed by atoms with Gasteiger partial charge in [-0.15, -0.1) is 0 Å². The Kier molecular flexibility index (Phi) is 6.62. The first-order valence-corrected chi connectivity index (χ1v) is 9.25. The van der Waals surface area contributed by atoms with Crippen LogP contribution in [0, 0.1) is 5.41 Å².